The predicted molar refractivity (Wildman–Crippen MR) is 190 cm³/mol. The highest BCUT2D eigenvalue weighted by Crippen LogP contribution is 2.38. The molecular weight excluding hydrogens is 552 g/mol. The smallest absolute Gasteiger partial charge is 0.166 e. The Morgan fingerprint density at radius 1 is 0.844 bits per heavy atom. The summed E-state index contributed by atoms with van der Waals surface area (Å²) in [5.41, 5.74) is 14.2. The second-order valence-electron chi connectivity index (χ2n) is 16.9. The average Bonchev–Trinajstić information content (AvgIpc) is 2.93. The van der Waals surface area contributed by atoms with Crippen LogP contribution in [0.15, 0.2) is 42.7 Å². The highest BCUT2D eigenvalue weighted by atomic mass is 16.5. The minimum absolute atomic E-state index is 0.0568. The first-order valence-electron chi connectivity index (χ1n) is 16.5. The number of hydrogen-bond acceptors (Lipinski definition) is 5. The van der Waals surface area contributed by atoms with Crippen LogP contribution in [-0.4, -0.2) is 33.5 Å². The lowest BCUT2D eigenvalue weighted by Crippen LogP contribution is -2.45. The van der Waals surface area contributed by atoms with Gasteiger partial charge in [-0.25, -0.2) is 4.98 Å². The molecule has 0 aliphatic carbocycles. The third kappa shape index (κ3) is 8.88. The van der Waals surface area contributed by atoms with E-state index >= 15 is 0 Å². The number of nitrogens with zero attached hydrogens (tertiary/aromatic N) is 3. The van der Waals surface area contributed by atoms with Gasteiger partial charge in [-0.05, 0) is 131 Å². The zero-order valence-corrected chi connectivity index (χ0v) is 30.0. The Kier molecular flexibility index (Phi) is 9.81. The van der Waals surface area contributed by atoms with E-state index in [-0.39, 0.29) is 21.8 Å². The van der Waals surface area contributed by atoms with Crippen molar-refractivity contribution in [3.8, 4) is 28.8 Å². The Bertz CT molecular complexity index is 1540. The molecule has 1 saturated heterocycles. The molecule has 3 heterocycles. The molecule has 1 aliphatic rings. The van der Waals surface area contributed by atoms with E-state index in [4.69, 9.17) is 15.5 Å². The van der Waals surface area contributed by atoms with E-state index in [1.807, 2.05) is 12.3 Å². The molecular formula is C40H56N4O. The highest BCUT2D eigenvalue weighted by molar-refractivity contribution is 5.64. The number of pyridine rings is 2. The number of nitrogens with two attached hydrogens (primary N) is 1. The Labute approximate surface area is 273 Å². The summed E-state index contributed by atoms with van der Waals surface area (Å²) in [4.78, 5) is 11.9. The minimum atomic E-state index is -0.0854. The third-order valence-corrected chi connectivity index (χ3v) is 8.62. The lowest BCUT2D eigenvalue weighted by atomic mass is 9.72. The second kappa shape index (κ2) is 12.8. The number of aromatic nitrogens is 2. The maximum atomic E-state index is 6.48. The van der Waals surface area contributed by atoms with Gasteiger partial charge in [-0.3, -0.25) is 9.88 Å². The molecule has 242 valence electrons. The van der Waals surface area contributed by atoms with Crippen molar-refractivity contribution in [1.82, 2.24) is 14.9 Å². The fraction of sp³-hybridized carbons (Fsp3) is 0.550. The van der Waals surface area contributed by atoms with E-state index in [9.17, 15) is 0 Å². The topological polar surface area (TPSA) is 64.3 Å². The van der Waals surface area contributed by atoms with Gasteiger partial charge in [-0.1, -0.05) is 59.4 Å². The number of hydrogen-bond donors (Lipinski definition) is 1. The van der Waals surface area contributed by atoms with Crippen LogP contribution in [0.4, 0.5) is 5.82 Å². The number of piperidine rings is 1. The molecule has 1 fully saturated rings. The lowest BCUT2D eigenvalue weighted by molar-refractivity contribution is 0.102. The number of rotatable bonds is 5. The predicted octanol–water partition coefficient (Wildman–Crippen LogP) is 9.28. The summed E-state index contributed by atoms with van der Waals surface area (Å²) >= 11 is 0. The van der Waals surface area contributed by atoms with E-state index in [2.05, 4.69) is 129 Å². The van der Waals surface area contributed by atoms with Gasteiger partial charge in [0.15, 0.2) is 11.6 Å². The van der Waals surface area contributed by atoms with Gasteiger partial charge in [0.25, 0.3) is 0 Å². The minimum Gasteiger partial charge on any atom is -0.485 e. The average molecular weight is 609 g/mol. The fourth-order valence-corrected chi connectivity index (χ4v) is 6.19. The fourth-order valence-electron chi connectivity index (χ4n) is 6.19. The normalized spacial score (nSPS) is 15.5. The van der Waals surface area contributed by atoms with Gasteiger partial charge >= 0.3 is 0 Å². The maximum Gasteiger partial charge on any atom is 0.166 e. The number of likely N-dealkylation sites (tertiary alicyclic amines) is 1. The number of nitrogen functional groups attached to an aromatic ring is 1. The Morgan fingerprint density at radius 3 is 2.04 bits per heavy atom. The first-order valence-corrected chi connectivity index (χ1v) is 16.5. The molecule has 2 N–H and O–H groups in total. The van der Waals surface area contributed by atoms with E-state index < -0.39 is 0 Å². The summed E-state index contributed by atoms with van der Waals surface area (Å²) in [6.07, 6.45) is 6.15. The Balaban J connectivity index is 1.60. The molecule has 0 amide bonds. The van der Waals surface area contributed by atoms with Gasteiger partial charge in [0.1, 0.15) is 6.61 Å². The van der Waals surface area contributed by atoms with Gasteiger partial charge in [0, 0.05) is 34.5 Å². The molecule has 0 unspecified atom stereocenters. The van der Waals surface area contributed by atoms with Gasteiger partial charge in [-0.2, -0.15) is 0 Å². The number of benzene rings is 1. The summed E-state index contributed by atoms with van der Waals surface area (Å²) in [6, 6.07) is 10.8. The van der Waals surface area contributed by atoms with E-state index in [1.165, 1.54) is 16.7 Å². The van der Waals surface area contributed by atoms with E-state index in [1.54, 1.807) is 6.20 Å². The molecule has 4 rings (SSSR count). The summed E-state index contributed by atoms with van der Waals surface area (Å²) in [7, 11) is 0. The van der Waals surface area contributed by atoms with Crippen LogP contribution in [0.25, 0.3) is 11.3 Å². The molecule has 1 aromatic carbocycles. The van der Waals surface area contributed by atoms with Crippen molar-refractivity contribution < 1.29 is 4.74 Å². The summed E-state index contributed by atoms with van der Waals surface area (Å²) in [5.74, 6) is 8.34. The van der Waals surface area contributed by atoms with Crippen LogP contribution in [0, 0.1) is 17.3 Å². The molecule has 1 aliphatic heterocycles. The van der Waals surface area contributed by atoms with Crippen LogP contribution >= 0.6 is 0 Å². The largest absolute Gasteiger partial charge is 0.485 e. The molecule has 0 bridgehead atoms. The molecule has 2 aromatic heterocycles. The van der Waals surface area contributed by atoms with E-state index in [0.717, 1.165) is 48.3 Å². The molecule has 3 aromatic rings. The van der Waals surface area contributed by atoms with Crippen molar-refractivity contribution in [2.24, 2.45) is 5.41 Å². The molecule has 0 atom stereocenters. The number of ether oxygens (including phenoxy) is 1. The molecule has 5 heteroatoms. The van der Waals surface area contributed by atoms with Crippen LogP contribution < -0.4 is 10.5 Å². The van der Waals surface area contributed by atoms with Crippen LogP contribution in [0.3, 0.4) is 0 Å². The van der Waals surface area contributed by atoms with Crippen LogP contribution in [-0.2, 0) is 17.4 Å². The Morgan fingerprint density at radius 2 is 1.51 bits per heavy atom. The van der Waals surface area contributed by atoms with Gasteiger partial charge in [-0.15, -0.1) is 0 Å². The molecule has 0 saturated carbocycles. The van der Waals surface area contributed by atoms with Crippen LogP contribution in [0.5, 0.6) is 5.75 Å². The van der Waals surface area contributed by atoms with Crippen molar-refractivity contribution >= 4 is 5.82 Å². The molecule has 0 spiro atoms. The van der Waals surface area contributed by atoms with Crippen molar-refractivity contribution in [3.05, 3.63) is 70.5 Å². The van der Waals surface area contributed by atoms with Gasteiger partial charge in [0.05, 0.1) is 5.69 Å². The van der Waals surface area contributed by atoms with Gasteiger partial charge in [0.2, 0.25) is 0 Å². The monoisotopic (exact) mass is 608 g/mol. The maximum absolute atomic E-state index is 6.48. The molecule has 0 radical (unpaired) electrons. The summed E-state index contributed by atoms with van der Waals surface area (Å²) in [6.45, 7) is 29.5. The molecule has 5 nitrogen and oxygen atoms in total. The standard InChI is InChI=1S/C40H56N4O/c1-37(2,3)18-15-27-21-31(35(39(7,8)9)32(22-27)38(4,5)6)26-45-34-23-30(25-43-36(34)41)33-14-13-29(24-42-33)28-16-19-44(20-17-28)40(10,11)12/h13-14,21-25,28H,16-17,19-20,26H2,1-12H3,(H2,41,43). The van der Waals surface area contributed by atoms with Gasteiger partial charge < -0.3 is 10.5 Å². The first-order chi connectivity index (χ1) is 20.7. The second-order valence-corrected chi connectivity index (χ2v) is 16.9. The zero-order valence-electron chi connectivity index (χ0n) is 30.0. The summed E-state index contributed by atoms with van der Waals surface area (Å²) in [5, 5.41) is 0. The van der Waals surface area contributed by atoms with Crippen LogP contribution in [0.2, 0.25) is 0 Å². The van der Waals surface area contributed by atoms with Crippen molar-refractivity contribution in [2.45, 2.75) is 125 Å². The molecule has 45 heavy (non-hydrogen) atoms. The van der Waals surface area contributed by atoms with E-state index in [0.29, 0.717) is 24.1 Å². The first kappa shape index (κ1) is 34.5. The number of anilines is 1. The zero-order chi connectivity index (χ0) is 33.4. The van der Waals surface area contributed by atoms with Crippen LogP contribution in [0.1, 0.15) is 130 Å². The SMILES string of the molecule is CC(C)(C)C#Cc1cc(COc2cc(-c3ccc(C4CCN(C(C)(C)C)CC4)cn3)cnc2N)c(C(C)(C)C)c(C(C)(C)C)c1. The Hall–Kier alpha value is -3.36. The summed E-state index contributed by atoms with van der Waals surface area (Å²) < 4.78 is 6.48. The van der Waals surface area contributed by atoms with Crippen molar-refractivity contribution in [2.75, 3.05) is 18.8 Å². The third-order valence-electron chi connectivity index (χ3n) is 8.62. The van der Waals surface area contributed by atoms with Crippen molar-refractivity contribution in [3.63, 3.8) is 0 Å². The lowest BCUT2D eigenvalue weighted by Gasteiger charge is -2.41. The highest BCUT2D eigenvalue weighted by Gasteiger charge is 2.30. The quantitative estimate of drug-likeness (QED) is 0.293. The van der Waals surface area contributed by atoms with Crippen molar-refractivity contribution in [1.29, 1.82) is 0 Å².